The van der Waals surface area contributed by atoms with Gasteiger partial charge in [0.25, 0.3) is 5.56 Å². The second-order valence-corrected chi connectivity index (χ2v) is 10.5. The lowest BCUT2D eigenvalue weighted by Gasteiger charge is -2.25. The number of thiazole rings is 1. The van der Waals surface area contributed by atoms with Crippen molar-refractivity contribution >= 4 is 46.6 Å². The Hall–Kier alpha value is -2.91. The first-order valence-electron chi connectivity index (χ1n) is 12.2. The summed E-state index contributed by atoms with van der Waals surface area (Å²) >= 11 is 13.6. The van der Waals surface area contributed by atoms with E-state index < -0.39 is 12.0 Å². The van der Waals surface area contributed by atoms with Crippen LogP contribution in [0.3, 0.4) is 0 Å². The third-order valence-electron chi connectivity index (χ3n) is 5.97. The van der Waals surface area contributed by atoms with Crippen molar-refractivity contribution in [2.75, 3.05) is 26.9 Å². The maximum Gasteiger partial charge on any atom is 0.338 e. The number of unbranched alkanes of at least 4 members (excludes halogenated alkanes) is 1. The molecular weight excluding hydrogens is 547 g/mol. The lowest BCUT2D eigenvalue weighted by Crippen LogP contribution is -2.40. The summed E-state index contributed by atoms with van der Waals surface area (Å²) in [4.78, 5) is 32.1. The van der Waals surface area contributed by atoms with Crippen molar-refractivity contribution in [2.24, 2.45) is 4.99 Å². The minimum Gasteiger partial charge on any atom is -0.494 e. The van der Waals surface area contributed by atoms with E-state index in [9.17, 15) is 9.59 Å². The van der Waals surface area contributed by atoms with Gasteiger partial charge in [0.2, 0.25) is 0 Å². The van der Waals surface area contributed by atoms with Crippen LogP contribution >= 0.6 is 34.5 Å². The molecule has 0 aliphatic carbocycles. The van der Waals surface area contributed by atoms with Crippen LogP contribution in [0, 0.1) is 0 Å². The van der Waals surface area contributed by atoms with Gasteiger partial charge in [-0.1, -0.05) is 66.1 Å². The molecule has 0 bridgehead atoms. The van der Waals surface area contributed by atoms with Crippen molar-refractivity contribution in [3.8, 4) is 5.75 Å². The number of nitrogens with zero attached hydrogens (tertiary/aromatic N) is 2. The minimum atomic E-state index is -0.728. The summed E-state index contributed by atoms with van der Waals surface area (Å²) in [6, 6.07) is 11.8. The van der Waals surface area contributed by atoms with Gasteiger partial charge in [-0.3, -0.25) is 9.36 Å². The third kappa shape index (κ3) is 6.21. The molecule has 0 radical (unpaired) electrons. The van der Waals surface area contributed by atoms with Crippen LogP contribution in [0.25, 0.3) is 6.08 Å². The highest BCUT2D eigenvalue weighted by Gasteiger charge is 2.33. The van der Waals surface area contributed by atoms with E-state index in [0.29, 0.717) is 42.8 Å². The fourth-order valence-electron chi connectivity index (χ4n) is 4.03. The first-order chi connectivity index (χ1) is 18.3. The maximum atomic E-state index is 13.8. The molecule has 2 heterocycles. The van der Waals surface area contributed by atoms with Gasteiger partial charge < -0.3 is 14.2 Å². The first-order valence-corrected chi connectivity index (χ1v) is 13.8. The Morgan fingerprint density at radius 1 is 1.13 bits per heavy atom. The standard InChI is InChI=1S/C28H28Cl2N2O5S/c1-4-5-12-36-21-10-7-18(8-11-21)25-24(27(34)37-14-13-35-3)17(2)31-28-32(25)26(33)23(38-28)15-19-6-9-20(29)16-22(19)30/h6-11,15-16,25H,4-5,12-14H2,1-3H3/b23-15-. The molecule has 1 aromatic heterocycles. The number of methoxy groups -OCH3 is 1. The number of fused-ring (bicyclic) bond motifs is 1. The van der Waals surface area contributed by atoms with E-state index >= 15 is 0 Å². The van der Waals surface area contributed by atoms with E-state index in [4.69, 9.17) is 37.4 Å². The lowest BCUT2D eigenvalue weighted by atomic mass is 9.96. The highest BCUT2D eigenvalue weighted by molar-refractivity contribution is 7.07. The monoisotopic (exact) mass is 574 g/mol. The highest BCUT2D eigenvalue weighted by atomic mass is 35.5. The van der Waals surface area contributed by atoms with Gasteiger partial charge in [0.1, 0.15) is 12.4 Å². The SMILES string of the molecule is CCCCOc1ccc(C2C(C(=O)OCCOC)=C(C)N=c3s/c(=C\c4ccc(Cl)cc4Cl)c(=O)n32)cc1. The zero-order valence-corrected chi connectivity index (χ0v) is 23.7. The van der Waals surface area contributed by atoms with Crippen LogP contribution in [-0.2, 0) is 14.3 Å². The van der Waals surface area contributed by atoms with Crippen molar-refractivity contribution in [1.29, 1.82) is 0 Å². The Balaban J connectivity index is 1.82. The molecule has 0 saturated heterocycles. The lowest BCUT2D eigenvalue weighted by molar-refractivity contribution is -0.140. The minimum absolute atomic E-state index is 0.0858. The summed E-state index contributed by atoms with van der Waals surface area (Å²) in [5.41, 5.74) is 1.88. The Bertz CT molecular complexity index is 1530. The summed E-state index contributed by atoms with van der Waals surface area (Å²) < 4.78 is 18.2. The summed E-state index contributed by atoms with van der Waals surface area (Å²) in [7, 11) is 1.53. The molecule has 1 aliphatic heterocycles. The third-order valence-corrected chi connectivity index (χ3v) is 7.52. The summed E-state index contributed by atoms with van der Waals surface area (Å²) in [6.07, 6.45) is 3.70. The number of aromatic nitrogens is 1. The van der Waals surface area contributed by atoms with Gasteiger partial charge in [0.15, 0.2) is 4.80 Å². The van der Waals surface area contributed by atoms with E-state index in [1.165, 1.54) is 23.0 Å². The largest absolute Gasteiger partial charge is 0.494 e. The van der Waals surface area contributed by atoms with Crippen LogP contribution < -0.4 is 19.6 Å². The molecule has 0 fully saturated rings. The van der Waals surface area contributed by atoms with Crippen molar-refractivity contribution in [2.45, 2.75) is 32.7 Å². The number of carbonyl (C=O) groups is 1. The van der Waals surface area contributed by atoms with Crippen LogP contribution in [0.2, 0.25) is 10.0 Å². The van der Waals surface area contributed by atoms with Gasteiger partial charge in [-0.25, -0.2) is 9.79 Å². The van der Waals surface area contributed by atoms with Gasteiger partial charge in [-0.2, -0.15) is 0 Å². The zero-order valence-electron chi connectivity index (χ0n) is 21.3. The number of allylic oxidation sites excluding steroid dienone is 1. The van der Waals surface area contributed by atoms with Crippen LogP contribution in [0.5, 0.6) is 5.75 Å². The number of hydrogen-bond donors (Lipinski definition) is 0. The number of carbonyl (C=O) groups excluding carboxylic acids is 1. The van der Waals surface area contributed by atoms with E-state index in [2.05, 4.69) is 11.9 Å². The van der Waals surface area contributed by atoms with Gasteiger partial charge in [0, 0.05) is 17.2 Å². The maximum absolute atomic E-state index is 13.8. The molecule has 3 aromatic rings. The quantitative estimate of drug-likeness (QED) is 0.254. The van der Waals surface area contributed by atoms with Crippen LogP contribution in [-0.4, -0.2) is 37.5 Å². The molecular formula is C28H28Cl2N2O5S. The first kappa shape index (κ1) is 28.1. The zero-order chi connectivity index (χ0) is 27.2. The number of ether oxygens (including phenoxy) is 3. The summed E-state index contributed by atoms with van der Waals surface area (Å²) in [6.45, 7) is 4.81. The van der Waals surface area contributed by atoms with E-state index in [1.807, 2.05) is 24.3 Å². The molecule has 2 aromatic carbocycles. The topological polar surface area (TPSA) is 79.1 Å². The average Bonchev–Trinajstić information content (AvgIpc) is 3.19. The number of halogens is 2. The normalized spacial score (nSPS) is 15.3. The molecule has 38 heavy (non-hydrogen) atoms. The number of hydrogen-bond acceptors (Lipinski definition) is 7. The Morgan fingerprint density at radius 2 is 1.89 bits per heavy atom. The highest BCUT2D eigenvalue weighted by Crippen LogP contribution is 2.32. The van der Waals surface area contributed by atoms with Crippen molar-refractivity contribution < 1.29 is 19.0 Å². The molecule has 0 saturated carbocycles. The fourth-order valence-corrected chi connectivity index (χ4v) is 5.53. The summed E-state index contributed by atoms with van der Waals surface area (Å²) in [5, 5.41) is 0.931. The van der Waals surface area contributed by atoms with E-state index in [-0.39, 0.29) is 18.8 Å². The Labute approximate surface area is 234 Å². The molecule has 0 N–H and O–H groups in total. The Morgan fingerprint density at radius 3 is 2.58 bits per heavy atom. The van der Waals surface area contributed by atoms with Gasteiger partial charge in [-0.15, -0.1) is 0 Å². The van der Waals surface area contributed by atoms with E-state index in [0.717, 1.165) is 24.2 Å². The number of esters is 1. The summed E-state index contributed by atoms with van der Waals surface area (Å²) in [5.74, 6) is 0.170. The smallest absolute Gasteiger partial charge is 0.338 e. The molecule has 1 aliphatic rings. The van der Waals surface area contributed by atoms with Crippen molar-refractivity contribution in [3.05, 3.63) is 94.6 Å². The van der Waals surface area contributed by atoms with E-state index in [1.54, 1.807) is 31.2 Å². The van der Waals surface area contributed by atoms with Gasteiger partial charge in [-0.05, 0) is 54.8 Å². The van der Waals surface area contributed by atoms with Gasteiger partial charge in [0.05, 0.1) is 35.1 Å². The molecule has 10 heteroatoms. The van der Waals surface area contributed by atoms with Crippen LogP contribution in [0.4, 0.5) is 0 Å². The van der Waals surface area contributed by atoms with Crippen molar-refractivity contribution in [3.63, 3.8) is 0 Å². The molecule has 0 amide bonds. The molecule has 0 spiro atoms. The predicted molar refractivity (Wildman–Crippen MR) is 150 cm³/mol. The molecule has 4 rings (SSSR count). The predicted octanol–water partition coefficient (Wildman–Crippen LogP) is 4.91. The molecule has 1 atom stereocenters. The second-order valence-electron chi connectivity index (χ2n) is 8.65. The van der Waals surface area contributed by atoms with Crippen molar-refractivity contribution in [1.82, 2.24) is 4.57 Å². The van der Waals surface area contributed by atoms with Crippen LogP contribution in [0.15, 0.2) is 63.5 Å². The van der Waals surface area contributed by atoms with Gasteiger partial charge >= 0.3 is 5.97 Å². The van der Waals surface area contributed by atoms with Crippen LogP contribution in [0.1, 0.15) is 43.9 Å². The fraction of sp³-hybridized carbons (Fsp3) is 0.321. The average molecular weight is 576 g/mol. The number of benzene rings is 2. The second kappa shape index (κ2) is 12.8. The molecule has 200 valence electrons. The number of rotatable bonds is 10. The Kier molecular flexibility index (Phi) is 9.44. The molecule has 7 nitrogen and oxygen atoms in total. The molecule has 1 unspecified atom stereocenters.